The molecule has 2 heteroatoms. The molecule has 13 heavy (non-hydrogen) atoms. The van der Waals surface area contributed by atoms with Crippen molar-refractivity contribution in [3.05, 3.63) is 48.0 Å². The molecule has 2 rings (SSSR count). The van der Waals surface area contributed by atoms with Crippen molar-refractivity contribution in [1.82, 2.24) is 0 Å². The van der Waals surface area contributed by atoms with E-state index in [2.05, 4.69) is 5.37 Å². The van der Waals surface area contributed by atoms with Crippen LogP contribution in [0.25, 0.3) is 10.8 Å². The lowest BCUT2D eigenvalue weighted by Crippen LogP contribution is -1.82. The second kappa shape index (κ2) is 3.54. The number of hydrogen-bond acceptors (Lipinski definition) is 1. The highest BCUT2D eigenvalue weighted by molar-refractivity contribution is 7.65. The van der Waals surface area contributed by atoms with E-state index in [0.29, 0.717) is 11.3 Å². The summed E-state index contributed by atoms with van der Waals surface area (Å²) < 4.78 is 10.3. The summed E-state index contributed by atoms with van der Waals surface area (Å²) in [5.74, 6) is 0. The molecule has 0 aromatic heterocycles. The van der Waals surface area contributed by atoms with Crippen molar-refractivity contribution in [2.75, 3.05) is 0 Å². The van der Waals surface area contributed by atoms with Gasteiger partial charge >= 0.3 is 0 Å². The van der Waals surface area contributed by atoms with Crippen LogP contribution < -0.4 is 0 Å². The minimum atomic E-state index is 0.370. The van der Waals surface area contributed by atoms with E-state index in [9.17, 15) is 4.21 Å². The third-order valence-electron chi connectivity index (χ3n) is 1.94. The van der Waals surface area contributed by atoms with Gasteiger partial charge in [0.25, 0.3) is 0 Å². The molecule has 1 nitrogen and oxygen atoms in total. The molecule has 0 N–H and O–H groups in total. The van der Waals surface area contributed by atoms with Gasteiger partial charge in [-0.05, 0) is 10.8 Å². The highest BCUT2D eigenvalue weighted by Crippen LogP contribution is 2.16. The maximum absolute atomic E-state index is 10.3. The monoisotopic (exact) mass is 187 g/mol. The van der Waals surface area contributed by atoms with Crippen molar-refractivity contribution >= 4 is 27.4 Å². The molecule has 0 amide bonds. The van der Waals surface area contributed by atoms with E-state index in [1.165, 1.54) is 0 Å². The standard InChI is InChI=1S/C11H7OS/c12-13-8-10-6-3-5-9-4-1-2-7-11(9)10/h1-7H. The van der Waals surface area contributed by atoms with Crippen molar-refractivity contribution in [3.8, 4) is 0 Å². The zero-order chi connectivity index (χ0) is 9.10. The molecule has 0 fully saturated rings. The first-order valence-electron chi connectivity index (χ1n) is 3.94. The van der Waals surface area contributed by atoms with Gasteiger partial charge in [-0.15, -0.1) is 0 Å². The Morgan fingerprint density at radius 3 is 2.62 bits per heavy atom. The van der Waals surface area contributed by atoms with Gasteiger partial charge in [-0.2, -0.15) is 0 Å². The summed E-state index contributed by atoms with van der Waals surface area (Å²) >= 11 is 0.370. The quantitative estimate of drug-likeness (QED) is 0.625. The van der Waals surface area contributed by atoms with Crippen molar-refractivity contribution in [2.45, 2.75) is 0 Å². The highest BCUT2D eigenvalue weighted by atomic mass is 32.1. The minimum absolute atomic E-state index is 0.370. The second-order valence-electron chi connectivity index (χ2n) is 2.71. The summed E-state index contributed by atoms with van der Waals surface area (Å²) in [4.78, 5) is 0. The number of hydrogen-bond donors (Lipinski definition) is 0. The van der Waals surface area contributed by atoms with Crippen LogP contribution in [0.5, 0.6) is 0 Å². The molecule has 0 bridgehead atoms. The summed E-state index contributed by atoms with van der Waals surface area (Å²) in [6.07, 6.45) is 0. The van der Waals surface area contributed by atoms with E-state index < -0.39 is 0 Å². The molecule has 0 saturated heterocycles. The number of rotatable bonds is 1. The number of benzene rings is 2. The van der Waals surface area contributed by atoms with Crippen molar-refractivity contribution in [2.24, 2.45) is 0 Å². The van der Waals surface area contributed by atoms with Crippen LogP contribution in [0.15, 0.2) is 42.5 Å². The van der Waals surface area contributed by atoms with Crippen molar-refractivity contribution in [3.63, 3.8) is 0 Å². The fourth-order valence-corrected chi connectivity index (χ4v) is 1.63. The van der Waals surface area contributed by atoms with Gasteiger partial charge in [-0.1, -0.05) is 42.5 Å². The second-order valence-corrected chi connectivity index (χ2v) is 3.08. The van der Waals surface area contributed by atoms with E-state index >= 15 is 0 Å². The predicted octanol–water partition coefficient (Wildman–Crippen LogP) is 2.08. The Balaban J connectivity index is 2.82. The predicted molar refractivity (Wildman–Crippen MR) is 56.2 cm³/mol. The lowest BCUT2D eigenvalue weighted by molar-refractivity contribution is 0.701. The molecule has 0 saturated carbocycles. The van der Waals surface area contributed by atoms with E-state index in [-0.39, 0.29) is 0 Å². The van der Waals surface area contributed by atoms with Crippen LogP contribution in [-0.4, -0.2) is 9.58 Å². The van der Waals surface area contributed by atoms with Crippen LogP contribution in [0, 0.1) is 0 Å². The topological polar surface area (TPSA) is 17.1 Å². The van der Waals surface area contributed by atoms with Gasteiger partial charge in [-0.3, -0.25) is 0 Å². The highest BCUT2D eigenvalue weighted by Gasteiger charge is 1.96. The Morgan fingerprint density at radius 1 is 1.00 bits per heavy atom. The van der Waals surface area contributed by atoms with Gasteiger partial charge in [0, 0.05) is 5.56 Å². The molecule has 0 atom stereocenters. The van der Waals surface area contributed by atoms with Crippen LogP contribution >= 0.6 is 0 Å². The number of fused-ring (bicyclic) bond motifs is 1. The Labute approximate surface area is 80.1 Å². The van der Waals surface area contributed by atoms with Crippen LogP contribution in [0.3, 0.4) is 0 Å². The molecule has 0 aliphatic heterocycles. The van der Waals surface area contributed by atoms with Crippen LogP contribution in [0.1, 0.15) is 5.56 Å². The van der Waals surface area contributed by atoms with Crippen molar-refractivity contribution < 1.29 is 4.21 Å². The molecule has 0 spiro atoms. The molecule has 0 unspecified atom stereocenters. The third-order valence-corrected chi connectivity index (χ3v) is 2.24. The Kier molecular flexibility index (Phi) is 2.23. The normalized spacial score (nSPS) is 9.85. The average molecular weight is 187 g/mol. The van der Waals surface area contributed by atoms with Gasteiger partial charge in [0.15, 0.2) is 0 Å². The lowest BCUT2D eigenvalue weighted by Gasteiger charge is -1.98. The van der Waals surface area contributed by atoms with E-state index in [0.717, 1.165) is 16.3 Å². The van der Waals surface area contributed by atoms with Gasteiger partial charge < -0.3 is 0 Å². The van der Waals surface area contributed by atoms with Gasteiger partial charge in [0.2, 0.25) is 0 Å². The molecule has 2 aromatic rings. The Morgan fingerprint density at radius 2 is 1.77 bits per heavy atom. The summed E-state index contributed by atoms with van der Waals surface area (Å²) in [6, 6.07) is 13.8. The molecule has 0 aliphatic rings. The SMILES string of the molecule is O=S=[C]c1cccc2ccccc12. The summed E-state index contributed by atoms with van der Waals surface area (Å²) in [6.45, 7) is 0. The minimum Gasteiger partial charge on any atom is -0.212 e. The fourth-order valence-electron chi connectivity index (χ4n) is 1.36. The average Bonchev–Trinajstić information content (AvgIpc) is 2.19. The first kappa shape index (κ1) is 8.20. The maximum atomic E-state index is 10.3. The lowest BCUT2D eigenvalue weighted by atomic mass is 10.1. The zero-order valence-electron chi connectivity index (χ0n) is 6.86. The Bertz CT molecular complexity index is 479. The van der Waals surface area contributed by atoms with Crippen molar-refractivity contribution in [1.29, 1.82) is 0 Å². The molecular formula is C11H7OS. The molecule has 0 aliphatic carbocycles. The third kappa shape index (κ3) is 1.53. The maximum Gasteiger partial charge on any atom is 0.0988 e. The van der Waals surface area contributed by atoms with E-state index in [1.54, 1.807) is 0 Å². The molecule has 1 radical (unpaired) electrons. The summed E-state index contributed by atoms with van der Waals surface area (Å²) in [7, 11) is 0. The largest absolute Gasteiger partial charge is 0.212 e. The van der Waals surface area contributed by atoms with Crippen LogP contribution in [0.2, 0.25) is 0 Å². The van der Waals surface area contributed by atoms with Gasteiger partial charge in [-0.25, -0.2) is 4.21 Å². The molecule has 63 valence electrons. The Hall–Kier alpha value is -1.41. The first-order chi connectivity index (χ1) is 6.42. The van der Waals surface area contributed by atoms with Gasteiger partial charge in [0.1, 0.15) is 0 Å². The van der Waals surface area contributed by atoms with Gasteiger partial charge in [0.05, 0.1) is 16.6 Å². The molecular weight excluding hydrogens is 180 g/mol. The van der Waals surface area contributed by atoms with E-state index in [4.69, 9.17) is 0 Å². The smallest absolute Gasteiger partial charge is 0.0988 e. The first-order valence-corrected chi connectivity index (χ1v) is 4.68. The van der Waals surface area contributed by atoms with Crippen LogP contribution in [0.4, 0.5) is 0 Å². The summed E-state index contributed by atoms with van der Waals surface area (Å²) in [5, 5.41) is 4.93. The zero-order valence-corrected chi connectivity index (χ0v) is 7.67. The fraction of sp³-hybridized carbons (Fsp3) is 0. The summed E-state index contributed by atoms with van der Waals surface area (Å²) in [5.41, 5.74) is 0.873. The molecule has 0 heterocycles. The van der Waals surface area contributed by atoms with E-state index in [1.807, 2.05) is 42.5 Å². The van der Waals surface area contributed by atoms with Crippen LogP contribution in [-0.2, 0) is 11.3 Å². The molecule has 2 aromatic carbocycles.